The normalized spacial score (nSPS) is 13.6. The van der Waals surface area contributed by atoms with Crippen molar-refractivity contribution in [3.63, 3.8) is 0 Å². The second kappa shape index (κ2) is 6.86. The molecule has 116 valence electrons. The number of hydrogen-bond donors (Lipinski definition) is 2. The Labute approximate surface area is 127 Å². The van der Waals surface area contributed by atoms with Crippen molar-refractivity contribution in [3.05, 3.63) is 41.0 Å². The number of ether oxygens (including phenoxy) is 2. The Morgan fingerprint density at radius 1 is 1.32 bits per heavy atom. The average Bonchev–Trinajstić information content (AvgIpc) is 2.82. The fourth-order valence-corrected chi connectivity index (χ4v) is 2.00. The van der Waals surface area contributed by atoms with E-state index in [-0.39, 0.29) is 18.6 Å². The molecule has 7 nitrogen and oxygen atoms in total. The molecule has 0 aliphatic carbocycles. The fourth-order valence-electron chi connectivity index (χ4n) is 2.00. The summed E-state index contributed by atoms with van der Waals surface area (Å²) in [4.78, 5) is 34.0. The van der Waals surface area contributed by atoms with Crippen LogP contribution in [0.1, 0.15) is 17.5 Å². The zero-order valence-corrected chi connectivity index (χ0v) is 12.0. The van der Waals surface area contributed by atoms with E-state index >= 15 is 0 Å². The predicted molar refractivity (Wildman–Crippen MR) is 76.5 cm³/mol. The van der Waals surface area contributed by atoms with Crippen molar-refractivity contribution in [1.82, 2.24) is 5.32 Å². The molecule has 22 heavy (non-hydrogen) atoms. The van der Waals surface area contributed by atoms with E-state index in [1.54, 1.807) is 18.2 Å². The summed E-state index contributed by atoms with van der Waals surface area (Å²) in [7, 11) is 1.53. The number of esters is 1. The van der Waals surface area contributed by atoms with Gasteiger partial charge >= 0.3 is 5.97 Å². The van der Waals surface area contributed by atoms with Crippen LogP contribution in [0.25, 0.3) is 0 Å². The first-order chi connectivity index (χ1) is 10.5. The van der Waals surface area contributed by atoms with E-state index in [9.17, 15) is 14.4 Å². The molecule has 1 aromatic carbocycles. The molecule has 0 aromatic heterocycles. The topological polar surface area (TPSA) is 108 Å². The van der Waals surface area contributed by atoms with Crippen molar-refractivity contribution in [3.8, 4) is 5.75 Å². The third kappa shape index (κ3) is 3.70. The number of carbonyl (C=O) groups is 3. The van der Waals surface area contributed by atoms with Gasteiger partial charge in [0.25, 0.3) is 11.8 Å². The van der Waals surface area contributed by atoms with Crippen molar-refractivity contribution >= 4 is 17.8 Å². The van der Waals surface area contributed by atoms with Crippen LogP contribution in [0, 0.1) is 0 Å². The van der Waals surface area contributed by atoms with Gasteiger partial charge in [-0.25, -0.2) is 0 Å². The average molecular weight is 304 g/mol. The molecule has 0 fully saturated rings. The fraction of sp³-hybridized carbons (Fsp3) is 0.267. The molecule has 0 atom stereocenters. The van der Waals surface area contributed by atoms with Crippen LogP contribution in [0.5, 0.6) is 5.75 Å². The van der Waals surface area contributed by atoms with Gasteiger partial charge in [0.1, 0.15) is 12.4 Å². The van der Waals surface area contributed by atoms with Gasteiger partial charge in [-0.3, -0.25) is 19.7 Å². The van der Waals surface area contributed by atoms with Gasteiger partial charge in [-0.15, -0.1) is 0 Å². The third-order valence-electron chi connectivity index (χ3n) is 3.14. The Hall–Kier alpha value is -2.67. The molecule has 0 saturated carbocycles. The molecule has 1 aliphatic rings. The lowest BCUT2D eigenvalue weighted by molar-refractivity contribution is -0.144. The van der Waals surface area contributed by atoms with Crippen molar-refractivity contribution in [2.24, 2.45) is 5.73 Å². The molecule has 0 saturated heterocycles. The van der Waals surface area contributed by atoms with Gasteiger partial charge in [0.05, 0.1) is 13.5 Å². The van der Waals surface area contributed by atoms with E-state index in [4.69, 9.17) is 15.2 Å². The minimum atomic E-state index is -0.585. The van der Waals surface area contributed by atoms with E-state index in [1.165, 1.54) is 7.11 Å². The summed E-state index contributed by atoms with van der Waals surface area (Å²) in [6, 6.07) is 5.32. The van der Waals surface area contributed by atoms with Gasteiger partial charge in [0.2, 0.25) is 0 Å². The van der Waals surface area contributed by atoms with E-state index in [0.717, 1.165) is 17.2 Å². The quantitative estimate of drug-likeness (QED) is 0.573. The number of amides is 2. The highest BCUT2D eigenvalue weighted by atomic mass is 16.5. The summed E-state index contributed by atoms with van der Waals surface area (Å²) < 4.78 is 10.3. The maximum Gasteiger partial charge on any atom is 0.310 e. The highest BCUT2D eigenvalue weighted by molar-refractivity contribution is 6.17. The van der Waals surface area contributed by atoms with Gasteiger partial charge in [-0.05, 0) is 11.6 Å². The molecule has 0 spiro atoms. The lowest BCUT2D eigenvalue weighted by atomic mass is 10.1. The summed E-state index contributed by atoms with van der Waals surface area (Å²) >= 11 is 0. The molecule has 1 heterocycles. The number of imide groups is 1. The number of hydrogen-bond acceptors (Lipinski definition) is 6. The van der Waals surface area contributed by atoms with Crippen molar-refractivity contribution in [1.29, 1.82) is 0 Å². The molecule has 0 bridgehead atoms. The highest BCUT2D eigenvalue weighted by Gasteiger charge is 2.23. The smallest absolute Gasteiger partial charge is 0.310 e. The lowest BCUT2D eigenvalue weighted by Crippen LogP contribution is -2.23. The zero-order chi connectivity index (χ0) is 16.1. The van der Waals surface area contributed by atoms with Crippen LogP contribution in [-0.4, -0.2) is 24.9 Å². The van der Waals surface area contributed by atoms with Gasteiger partial charge in [0.15, 0.2) is 0 Å². The van der Waals surface area contributed by atoms with E-state index in [0.29, 0.717) is 12.3 Å². The minimum absolute atomic E-state index is 0.0445. The first-order valence-electron chi connectivity index (χ1n) is 6.61. The number of rotatable bonds is 6. The van der Waals surface area contributed by atoms with Crippen LogP contribution in [0.4, 0.5) is 0 Å². The molecule has 3 N–H and O–H groups in total. The number of benzene rings is 1. The van der Waals surface area contributed by atoms with Crippen LogP contribution in [-0.2, 0) is 32.3 Å². The first kappa shape index (κ1) is 15.7. The van der Waals surface area contributed by atoms with Gasteiger partial charge in [-0.2, -0.15) is 0 Å². The summed E-state index contributed by atoms with van der Waals surface area (Å²) in [5.41, 5.74) is 7.27. The monoisotopic (exact) mass is 304 g/mol. The predicted octanol–water partition coefficient (Wildman–Crippen LogP) is 0.170. The zero-order valence-electron chi connectivity index (χ0n) is 12.0. The third-order valence-corrected chi connectivity index (χ3v) is 3.14. The van der Waals surface area contributed by atoms with Gasteiger partial charge in [0, 0.05) is 23.8 Å². The summed E-state index contributed by atoms with van der Waals surface area (Å²) in [6.45, 7) is 0.392. The SMILES string of the molecule is COc1cc(COC(=O)CC2=CC(=O)NC2=O)ccc1CN. The maximum absolute atomic E-state index is 11.7. The maximum atomic E-state index is 11.7. The molecule has 0 radical (unpaired) electrons. The Balaban J connectivity index is 1.93. The summed E-state index contributed by atoms with van der Waals surface area (Å²) in [5, 5.41) is 2.07. The van der Waals surface area contributed by atoms with Crippen molar-refractivity contribution < 1.29 is 23.9 Å². The van der Waals surface area contributed by atoms with Crippen LogP contribution < -0.4 is 15.8 Å². The van der Waals surface area contributed by atoms with Crippen LogP contribution in [0.3, 0.4) is 0 Å². The molecule has 2 amide bonds. The Kier molecular flexibility index (Phi) is 4.90. The number of carbonyl (C=O) groups excluding carboxylic acids is 3. The van der Waals surface area contributed by atoms with Crippen LogP contribution in [0.15, 0.2) is 29.8 Å². The van der Waals surface area contributed by atoms with E-state index in [2.05, 4.69) is 5.32 Å². The largest absolute Gasteiger partial charge is 0.496 e. The van der Waals surface area contributed by atoms with Crippen LogP contribution >= 0.6 is 0 Å². The molecule has 0 unspecified atom stereocenters. The Morgan fingerprint density at radius 3 is 2.68 bits per heavy atom. The van der Waals surface area contributed by atoms with Crippen LogP contribution in [0.2, 0.25) is 0 Å². The minimum Gasteiger partial charge on any atom is -0.496 e. The highest BCUT2D eigenvalue weighted by Crippen LogP contribution is 2.20. The molecule has 1 aliphatic heterocycles. The summed E-state index contributed by atoms with van der Waals surface area (Å²) in [5.74, 6) is -1.04. The first-order valence-corrected chi connectivity index (χ1v) is 6.61. The molecule has 7 heteroatoms. The van der Waals surface area contributed by atoms with Gasteiger partial charge < -0.3 is 15.2 Å². The van der Waals surface area contributed by atoms with E-state index in [1.807, 2.05) is 0 Å². The summed E-state index contributed by atoms with van der Waals surface area (Å²) in [6.07, 6.45) is 0.859. The van der Waals surface area contributed by atoms with Crippen molar-refractivity contribution in [2.45, 2.75) is 19.6 Å². The van der Waals surface area contributed by atoms with Gasteiger partial charge in [-0.1, -0.05) is 12.1 Å². The Morgan fingerprint density at radius 2 is 2.09 bits per heavy atom. The Bertz CT molecular complexity index is 651. The number of nitrogens with one attached hydrogen (secondary N) is 1. The molecular weight excluding hydrogens is 288 g/mol. The molecule has 2 rings (SSSR count). The van der Waals surface area contributed by atoms with Crippen molar-refractivity contribution in [2.75, 3.05) is 7.11 Å². The standard InChI is InChI=1S/C15H16N2O5/c1-21-12-4-9(2-3-10(12)7-16)8-22-14(19)6-11-5-13(18)17-15(11)20/h2-5H,6-8,16H2,1H3,(H,17,18,20). The van der Waals surface area contributed by atoms with E-state index < -0.39 is 17.8 Å². The second-order valence-electron chi connectivity index (χ2n) is 4.68. The number of methoxy groups -OCH3 is 1. The lowest BCUT2D eigenvalue weighted by Gasteiger charge is -2.10. The molecular formula is C15H16N2O5. The number of nitrogens with two attached hydrogens (primary N) is 1. The molecule has 1 aromatic rings. The second-order valence-corrected chi connectivity index (χ2v) is 4.68.